The monoisotopic (exact) mass is 2440 g/mol. The van der Waals surface area contributed by atoms with Crippen LogP contribution in [0.1, 0.15) is 86.0 Å². The zero-order chi connectivity index (χ0) is 84.7. The van der Waals surface area contributed by atoms with Crippen molar-refractivity contribution in [2.45, 2.75) is 115 Å². The predicted molar refractivity (Wildman–Crippen MR) is 527 cm³/mol. The van der Waals surface area contributed by atoms with Gasteiger partial charge in [-0.25, -0.2) is 15.0 Å². The summed E-state index contributed by atoms with van der Waals surface area (Å²) in [6, 6.07) is 37.0. The molecule has 11 aromatic rings. The number of hydrogen-bond acceptors (Lipinski definition) is 24. The van der Waals surface area contributed by atoms with E-state index in [9.17, 15) is 24.0 Å². The van der Waals surface area contributed by atoms with E-state index < -0.39 is 35.4 Å². The van der Waals surface area contributed by atoms with Crippen molar-refractivity contribution in [3.63, 3.8) is 0 Å². The first kappa shape index (κ1) is 98.0. The zero-order valence-electron chi connectivity index (χ0n) is 65.3. The summed E-state index contributed by atoms with van der Waals surface area (Å²) >= 11 is 11.4. The van der Waals surface area contributed by atoms with Crippen molar-refractivity contribution in [3.05, 3.63) is 187 Å². The molecule has 9 atom stereocenters. The molecule has 13 N–H and O–H groups in total. The number of methoxy groups -OCH3 is 6. The van der Waals surface area contributed by atoms with Gasteiger partial charge in [0, 0.05) is 106 Å². The molecule has 121 heavy (non-hydrogen) atoms. The fraction of sp³-hybridized carbons (Fsp3) is 0.353. The number of benzene rings is 8. The van der Waals surface area contributed by atoms with Gasteiger partial charge >= 0.3 is 104 Å². The average Bonchev–Trinajstić information content (AvgIpc) is 1.48. The number of nitrogens with zero attached hydrogens (tertiary/aromatic N) is 3. The van der Waals surface area contributed by atoms with Gasteiger partial charge in [-0.1, -0.05) is 130 Å². The zero-order valence-corrected chi connectivity index (χ0v) is 80.4. The van der Waals surface area contributed by atoms with E-state index in [1.165, 1.54) is 35.1 Å². The van der Waals surface area contributed by atoms with Gasteiger partial charge in [-0.3, -0.25) is 40.2 Å². The van der Waals surface area contributed by atoms with Gasteiger partial charge in [0.1, 0.15) is 88.3 Å². The molecule has 3 fully saturated rings. The second kappa shape index (κ2) is 48.6. The summed E-state index contributed by atoms with van der Waals surface area (Å²) in [5, 5.41) is 53.5. The number of ether oxygens (including phenoxy) is 9. The molecule has 0 saturated carbocycles. The molecule has 2 amide bonds. The average molecular weight is 2440 g/mol. The Kier molecular flexibility index (Phi) is 39.4. The third-order valence-corrected chi connectivity index (χ3v) is 267. The molecular formula is C85H95I7N15O14-. The molecule has 3 saturated heterocycles. The van der Waals surface area contributed by atoms with Crippen molar-refractivity contribution in [1.82, 2.24) is 40.5 Å². The van der Waals surface area contributed by atoms with Crippen LogP contribution in [0.3, 0.4) is 0 Å². The Morgan fingerprint density at radius 1 is 0.521 bits per heavy atom. The van der Waals surface area contributed by atoms with Gasteiger partial charge in [0.25, 0.3) is 22.6 Å². The van der Waals surface area contributed by atoms with E-state index in [2.05, 4.69) is 233 Å². The van der Waals surface area contributed by atoms with Crippen LogP contribution in [0.15, 0.2) is 143 Å². The molecule has 3 unspecified atom stereocenters. The Bertz CT molecular complexity index is 5810. The molecule has 0 bridgehead atoms. The van der Waals surface area contributed by atoms with Gasteiger partial charge in [-0.15, -0.1) is 0 Å². The quantitative estimate of drug-likeness (QED) is 0.00712. The summed E-state index contributed by atoms with van der Waals surface area (Å²) in [7, 11) is 9.10. The van der Waals surface area contributed by atoms with Crippen LogP contribution >= 0.6 is 90.3 Å². The van der Waals surface area contributed by atoms with Gasteiger partial charge in [0.15, 0.2) is 0 Å². The number of anilines is 3. The van der Waals surface area contributed by atoms with Crippen LogP contribution in [0.2, 0.25) is 0 Å². The SMILES string of the molecule is C.C.COC[C@H]1O[C@@H](Nc2nc[nH]c(=O)c2C(=N)C#CCCN)CC1OC.COC[C@H]1O[C@@H](Nc2nc[nH]c(=O)c2C(=N)C#CCCNC(=O)Cc2cc3cccc4ccc5cccc2c5c43)CC1OC.COC[C@H]1O[C@@H](Nc2nc[nH]c(=O)c2C(=N)C#CCCNC(=O)c2cc3cccc4ccc5cccc2c5c43)CC1OC.I[I-]I(I)I(I)I. The third kappa shape index (κ3) is 25.3. The number of nitrogens with one attached hydrogen (secondary N) is 11. The Morgan fingerprint density at radius 3 is 1.26 bits per heavy atom. The van der Waals surface area contributed by atoms with E-state index in [1.807, 2.05) is 42.5 Å². The summed E-state index contributed by atoms with van der Waals surface area (Å²) in [4.78, 5) is 83.6. The minimum atomic E-state index is -0.492. The summed E-state index contributed by atoms with van der Waals surface area (Å²) < 4.78 is 49.7. The van der Waals surface area contributed by atoms with Crippen LogP contribution in [0.25, 0.3) is 64.6 Å². The van der Waals surface area contributed by atoms with E-state index in [0.717, 1.165) is 54.0 Å². The Morgan fingerprint density at radius 2 is 0.884 bits per heavy atom. The molecule has 0 aliphatic carbocycles. The summed E-state index contributed by atoms with van der Waals surface area (Å²) in [6.07, 6.45) is 4.06. The van der Waals surface area contributed by atoms with Gasteiger partial charge < -0.3 is 89.9 Å². The summed E-state index contributed by atoms with van der Waals surface area (Å²) in [6.45, 7) is 2.11. The van der Waals surface area contributed by atoms with Crippen LogP contribution in [0.5, 0.6) is 0 Å². The first-order valence-corrected chi connectivity index (χ1v) is 75.0. The van der Waals surface area contributed by atoms with E-state index >= 15 is 0 Å². The molecule has 0 radical (unpaired) electrons. The van der Waals surface area contributed by atoms with Crippen LogP contribution in [0, 0.1) is 51.8 Å². The molecule has 3 aliphatic rings. The van der Waals surface area contributed by atoms with Gasteiger partial charge in [-0.05, 0) is 100 Å². The minimum absolute atomic E-state index is 0. The number of hydrogen-bond donors (Lipinski definition) is 12. The number of halogens is 7. The number of aromatic nitrogens is 6. The van der Waals surface area contributed by atoms with Crippen molar-refractivity contribution in [1.29, 1.82) is 16.2 Å². The molecule has 14 rings (SSSR count). The molecule has 29 nitrogen and oxygen atoms in total. The molecule has 36 heteroatoms. The number of amides is 2. The van der Waals surface area contributed by atoms with Crippen LogP contribution in [-0.2, 0) is 53.8 Å². The molecular weight excluding hydrogens is 2340 g/mol. The number of aromatic amines is 3. The van der Waals surface area contributed by atoms with Crippen molar-refractivity contribution >= 4 is 201 Å². The van der Waals surface area contributed by atoms with Crippen molar-refractivity contribution < 1.29 is 65.5 Å². The standard InChI is InChI=1S/C34H33N5O5.C33H31N5O5.C16H23N5O4.2CH4.I7/c1-42-18-27-26(43-2)17-29(44-27)39-33-32(34(41)38-19-37-33)25(35)11-3-4-14-36-28(40)16-23-15-22-9-5-7-20-12-13-21-8-6-10-24(23)31(21)30(20)22;1-41-17-26-25(42-2)16-27(43-26)38-31-30(33(40)37-18-36-31)24(34)11-3-4-14-35-32(39)23-15-21-9-5-7-19-12-13-20-8-6-10-22(23)29(20)28(19)21;1-23-8-12-11(24-2)7-13(25-12)21-15-14(16(22)20-9-19-15)10(18)5-3-4-6-17;;;1-5-7(4)6(2)3/h5-10,12-13,15,19,26-27,29,35H,4,14,16-18H2,1-2H3,(H,36,40)(H2,37,38,39,41);5-10,12-13,15,18,25-27,34H,4,14,16-17H2,1-2H3,(H,35,39)(H2,36,37,38,40);9,11-13,18H,4,6-8,17H2,1-2H3,(H2,19,20,21,22);2*1H4;/q;;;;;-1/t26?,27-,29-;25?,26-,27-;11?,12-,13-;;;/m111.../s1. The maximum atomic E-state index is 13.3. The van der Waals surface area contributed by atoms with Crippen LogP contribution < -0.4 is 62.3 Å². The molecule has 3 aliphatic heterocycles. The fourth-order valence-corrected chi connectivity index (χ4v) is 224. The van der Waals surface area contributed by atoms with Crippen molar-refractivity contribution in [3.8, 4) is 35.5 Å². The van der Waals surface area contributed by atoms with Gasteiger partial charge in [-0.2, -0.15) is 0 Å². The number of carbonyl (C=O) groups is 2. The molecule has 8 aromatic carbocycles. The van der Waals surface area contributed by atoms with E-state index in [4.69, 9.17) is 64.6 Å². The number of nitrogens with two attached hydrogens (primary N) is 1. The molecule has 6 heterocycles. The second-order valence-corrected chi connectivity index (χ2v) is 141. The number of H-pyrrole nitrogens is 3. The Labute approximate surface area is 756 Å². The molecule has 0 spiro atoms. The Hall–Kier alpha value is -6.78. The summed E-state index contributed by atoms with van der Waals surface area (Å²) in [5.41, 5.74) is 5.14. The normalized spacial score (nSPS) is 18.4. The molecule has 644 valence electrons. The maximum absolute atomic E-state index is 13.3. The van der Waals surface area contributed by atoms with Gasteiger partial charge in [0.05, 0.1) is 63.5 Å². The van der Waals surface area contributed by atoms with Crippen molar-refractivity contribution in [2.24, 2.45) is 5.73 Å². The third-order valence-electron chi connectivity index (χ3n) is 19.5. The second-order valence-electron chi connectivity index (χ2n) is 27.0. The topological polar surface area (TPSA) is 412 Å². The van der Waals surface area contributed by atoms with E-state index in [0.29, 0.717) is 90.3 Å². The van der Waals surface area contributed by atoms with Crippen LogP contribution in [0.4, 0.5) is 17.5 Å². The van der Waals surface area contributed by atoms with E-state index in [1.54, 1.807) is 42.7 Å². The van der Waals surface area contributed by atoms with Crippen LogP contribution in [-0.4, -0.2) is 196 Å². The van der Waals surface area contributed by atoms with E-state index in [-0.39, 0.29) is 143 Å². The number of carbonyl (C=O) groups excluding carboxylic acids is 2. The Balaban J connectivity index is 0.000000203. The first-order valence-electron chi connectivity index (χ1n) is 37.3. The first-order chi connectivity index (χ1) is 57.7. The predicted octanol–water partition coefficient (Wildman–Crippen LogP) is 11.3. The van der Waals surface area contributed by atoms with Gasteiger partial charge in [0.2, 0.25) is 5.91 Å². The van der Waals surface area contributed by atoms with Crippen molar-refractivity contribution in [2.75, 3.05) is 98.1 Å². The number of rotatable bonds is 28. The fourth-order valence-electron chi connectivity index (χ4n) is 14.3. The molecule has 3 aromatic heterocycles. The summed E-state index contributed by atoms with van der Waals surface area (Å²) in [5.74, 6) is 17.0.